The van der Waals surface area contributed by atoms with Crippen LogP contribution in [0, 0.1) is 5.82 Å². The van der Waals surface area contributed by atoms with E-state index in [9.17, 15) is 17.6 Å². The van der Waals surface area contributed by atoms with Crippen LogP contribution in [0.1, 0.15) is 48.0 Å². The molecule has 0 unspecified atom stereocenters. The highest BCUT2D eigenvalue weighted by Crippen LogP contribution is 2.42. The van der Waals surface area contributed by atoms with Gasteiger partial charge in [-0.2, -0.15) is 4.98 Å². The Balaban J connectivity index is 1.50. The van der Waals surface area contributed by atoms with Crippen LogP contribution in [0.5, 0.6) is 0 Å². The van der Waals surface area contributed by atoms with Gasteiger partial charge in [0.25, 0.3) is 6.01 Å². The summed E-state index contributed by atoms with van der Waals surface area (Å²) in [6, 6.07) is 13.4. The van der Waals surface area contributed by atoms with Crippen LogP contribution in [0.15, 0.2) is 63.6 Å². The summed E-state index contributed by atoms with van der Waals surface area (Å²) in [6.45, 7) is 3.03. The van der Waals surface area contributed by atoms with Crippen LogP contribution in [0.4, 0.5) is 16.1 Å². The number of aromatic nitrogens is 2. The Kier molecular flexibility index (Phi) is 6.77. The number of Topliss-reactive ketones (excluding diaryl/α,β-unsaturated/α-hetero) is 1. The van der Waals surface area contributed by atoms with Gasteiger partial charge in [0.05, 0.1) is 17.5 Å². The summed E-state index contributed by atoms with van der Waals surface area (Å²) in [5.74, 6) is -0.281. The van der Waals surface area contributed by atoms with Gasteiger partial charge in [0.2, 0.25) is 15.7 Å². The van der Waals surface area contributed by atoms with Crippen molar-refractivity contribution in [3.05, 3.63) is 71.7 Å². The van der Waals surface area contributed by atoms with Crippen LogP contribution in [0.3, 0.4) is 0 Å². The van der Waals surface area contributed by atoms with E-state index in [2.05, 4.69) is 9.97 Å². The van der Waals surface area contributed by atoms with Crippen molar-refractivity contribution in [3.8, 4) is 11.3 Å². The average molecular weight is 577 g/mol. The molecule has 1 fully saturated rings. The van der Waals surface area contributed by atoms with Crippen LogP contribution in [0.25, 0.3) is 33.5 Å². The monoisotopic (exact) mass is 576 g/mol. The second-order valence-electron chi connectivity index (χ2n) is 10.3. The van der Waals surface area contributed by atoms with E-state index < -0.39 is 15.8 Å². The van der Waals surface area contributed by atoms with E-state index in [-0.39, 0.29) is 18.1 Å². The highest BCUT2D eigenvalue weighted by molar-refractivity contribution is 7.92. The van der Waals surface area contributed by atoms with Crippen LogP contribution in [0.2, 0.25) is 0 Å². The smallest absolute Gasteiger partial charge is 0.299 e. The summed E-state index contributed by atoms with van der Waals surface area (Å²) in [5, 5.41) is 0.597. The molecule has 6 rings (SSSR count). The van der Waals surface area contributed by atoms with Crippen molar-refractivity contribution in [1.82, 2.24) is 9.97 Å². The van der Waals surface area contributed by atoms with Gasteiger partial charge < -0.3 is 13.7 Å². The molecular weight excluding hydrogens is 547 g/mol. The second kappa shape index (κ2) is 10.3. The third kappa shape index (κ3) is 4.94. The number of oxazole rings is 1. The van der Waals surface area contributed by atoms with Gasteiger partial charge in [-0.25, -0.2) is 17.8 Å². The highest BCUT2D eigenvalue weighted by atomic mass is 32.2. The molecule has 1 aliphatic rings. The zero-order valence-corrected chi connectivity index (χ0v) is 23.7. The molecule has 0 spiro atoms. The molecule has 5 aromatic rings. The van der Waals surface area contributed by atoms with E-state index in [1.807, 2.05) is 17.0 Å². The number of halogens is 1. The molecule has 0 bridgehead atoms. The summed E-state index contributed by atoms with van der Waals surface area (Å²) in [4.78, 5) is 24.1. The van der Waals surface area contributed by atoms with Crippen molar-refractivity contribution in [3.63, 3.8) is 0 Å². The number of furan rings is 1. The lowest BCUT2D eigenvalue weighted by atomic mass is 9.88. The van der Waals surface area contributed by atoms with E-state index >= 15 is 0 Å². The van der Waals surface area contributed by atoms with Crippen LogP contribution in [-0.4, -0.2) is 50.6 Å². The number of nitrogens with zero attached hydrogens (tertiary/aromatic N) is 4. The van der Waals surface area contributed by atoms with Crippen LogP contribution in [-0.2, 0) is 10.0 Å². The summed E-state index contributed by atoms with van der Waals surface area (Å²) in [5.41, 5.74) is 3.72. The SMILES string of the molecule is CCC(=O)c1c(-c2ccc(F)cc2)oc2cc(N(C)S(C)(=O)=O)c([C@H]3CCCN(c4nc5ncccc5o4)C3)cc12. The Morgan fingerprint density at radius 3 is 2.63 bits per heavy atom. The Bertz CT molecular complexity index is 1850. The van der Waals surface area contributed by atoms with E-state index in [4.69, 9.17) is 8.83 Å². The number of carbonyl (C=O) groups is 1. The number of pyridine rings is 1. The number of ketones is 1. The summed E-state index contributed by atoms with van der Waals surface area (Å²) >= 11 is 0. The topological polar surface area (TPSA) is 110 Å². The molecule has 2 aromatic carbocycles. The quantitative estimate of drug-likeness (QED) is 0.212. The first-order valence-corrected chi connectivity index (χ1v) is 15.3. The number of hydrogen-bond acceptors (Lipinski definition) is 8. The molecule has 0 radical (unpaired) electrons. The maximum atomic E-state index is 13.7. The molecule has 1 saturated heterocycles. The van der Waals surface area contributed by atoms with Gasteiger partial charge in [-0.1, -0.05) is 6.92 Å². The molecule has 1 atom stereocenters. The third-order valence-corrected chi connectivity index (χ3v) is 8.86. The van der Waals surface area contributed by atoms with E-state index in [0.29, 0.717) is 57.3 Å². The first-order valence-electron chi connectivity index (χ1n) is 13.4. The minimum absolute atomic E-state index is 0.0935. The molecule has 4 heterocycles. The number of rotatable bonds is 7. The number of anilines is 2. The zero-order valence-electron chi connectivity index (χ0n) is 22.9. The number of carbonyl (C=O) groups excluding carboxylic acids is 1. The maximum Gasteiger partial charge on any atom is 0.299 e. The Morgan fingerprint density at radius 1 is 1.15 bits per heavy atom. The summed E-state index contributed by atoms with van der Waals surface area (Å²) in [6.07, 6.45) is 4.68. The zero-order chi connectivity index (χ0) is 28.9. The minimum atomic E-state index is -3.62. The summed E-state index contributed by atoms with van der Waals surface area (Å²) in [7, 11) is -2.11. The maximum absolute atomic E-state index is 13.7. The standard InChI is InChI=1S/C30H29FN4O5S/c1-4-24(36)27-22-15-21(19-7-6-14-35(17-19)30-33-29-25(40-30)8-5-13-32-29)23(34(2)41(3,37)38)16-26(22)39-28(27)18-9-11-20(31)12-10-18/h5,8-13,15-16,19H,4,6-7,14,17H2,1-3H3/t19-/m0/s1. The molecule has 1 aliphatic heterocycles. The van der Waals surface area contributed by atoms with Crippen molar-refractivity contribution in [2.24, 2.45) is 0 Å². The first-order chi connectivity index (χ1) is 19.6. The molecule has 0 N–H and O–H groups in total. The lowest BCUT2D eigenvalue weighted by molar-refractivity contribution is 0.0989. The lowest BCUT2D eigenvalue weighted by Crippen LogP contribution is -2.35. The molecule has 0 amide bonds. The fraction of sp³-hybridized carbons (Fsp3) is 0.300. The van der Waals surface area contributed by atoms with Gasteiger partial charge in [-0.05, 0) is 60.9 Å². The highest BCUT2D eigenvalue weighted by Gasteiger charge is 2.31. The van der Waals surface area contributed by atoms with Crippen molar-refractivity contribution >= 4 is 49.7 Å². The molecule has 11 heteroatoms. The lowest BCUT2D eigenvalue weighted by Gasteiger charge is -2.34. The van der Waals surface area contributed by atoms with Gasteiger partial charge in [0.1, 0.15) is 17.2 Å². The van der Waals surface area contributed by atoms with Crippen LogP contribution < -0.4 is 9.21 Å². The first kappa shape index (κ1) is 26.9. The van der Waals surface area contributed by atoms with Gasteiger partial charge >= 0.3 is 0 Å². The fourth-order valence-electron chi connectivity index (χ4n) is 5.48. The number of hydrogen-bond donors (Lipinski definition) is 0. The Labute approximate surface area is 236 Å². The molecule has 3 aromatic heterocycles. The number of benzene rings is 2. The average Bonchev–Trinajstić information content (AvgIpc) is 3.57. The van der Waals surface area contributed by atoms with Crippen molar-refractivity contribution < 1.29 is 26.4 Å². The predicted octanol–water partition coefficient (Wildman–Crippen LogP) is 6.15. The van der Waals surface area contributed by atoms with E-state index in [0.717, 1.165) is 31.2 Å². The normalized spacial score (nSPS) is 16.0. The largest absolute Gasteiger partial charge is 0.455 e. The van der Waals surface area contributed by atoms with Gasteiger partial charge in [-0.3, -0.25) is 9.10 Å². The molecular formula is C30H29FN4O5S. The molecule has 0 aliphatic carbocycles. The molecule has 41 heavy (non-hydrogen) atoms. The van der Waals surface area contributed by atoms with Crippen molar-refractivity contribution in [1.29, 1.82) is 0 Å². The van der Waals surface area contributed by atoms with Gasteiger partial charge in [0, 0.05) is 55.7 Å². The minimum Gasteiger partial charge on any atom is -0.455 e. The van der Waals surface area contributed by atoms with Crippen molar-refractivity contribution in [2.45, 2.75) is 32.1 Å². The molecule has 0 saturated carbocycles. The van der Waals surface area contributed by atoms with Gasteiger partial charge in [-0.15, -0.1) is 0 Å². The van der Waals surface area contributed by atoms with Crippen molar-refractivity contribution in [2.75, 3.05) is 35.6 Å². The predicted molar refractivity (Wildman–Crippen MR) is 155 cm³/mol. The summed E-state index contributed by atoms with van der Waals surface area (Å²) < 4.78 is 52.6. The number of piperidine rings is 1. The molecule has 9 nitrogen and oxygen atoms in total. The van der Waals surface area contributed by atoms with Crippen LogP contribution >= 0.6 is 0 Å². The Morgan fingerprint density at radius 2 is 1.93 bits per heavy atom. The second-order valence-corrected chi connectivity index (χ2v) is 12.3. The fourth-order valence-corrected chi connectivity index (χ4v) is 6.00. The van der Waals surface area contributed by atoms with Gasteiger partial charge in [0.15, 0.2) is 11.4 Å². The van der Waals surface area contributed by atoms with E-state index in [1.54, 1.807) is 37.4 Å². The van der Waals surface area contributed by atoms with E-state index in [1.165, 1.54) is 23.5 Å². The Hall–Kier alpha value is -4.25. The number of fused-ring (bicyclic) bond motifs is 2. The molecule has 212 valence electrons. The number of sulfonamides is 1. The third-order valence-electron chi connectivity index (χ3n) is 7.67.